The minimum absolute atomic E-state index is 0.233. The van der Waals surface area contributed by atoms with Gasteiger partial charge in [-0.2, -0.15) is 5.10 Å². The van der Waals surface area contributed by atoms with Gasteiger partial charge >= 0.3 is 0 Å². The Kier molecular flexibility index (Phi) is 2.21. The Labute approximate surface area is 81.3 Å². The molecule has 1 aromatic carbocycles. The fourth-order valence-corrected chi connectivity index (χ4v) is 1.66. The van der Waals surface area contributed by atoms with Crippen molar-refractivity contribution in [2.45, 2.75) is 6.42 Å². The summed E-state index contributed by atoms with van der Waals surface area (Å²) in [6, 6.07) is 4.61. The first-order valence-electron chi connectivity index (χ1n) is 4.53. The quantitative estimate of drug-likeness (QED) is 0.779. The summed E-state index contributed by atoms with van der Waals surface area (Å²) in [7, 11) is 1.85. The normalized spacial score (nSPS) is 11.1. The highest BCUT2D eigenvalue weighted by atomic mass is 19.1. The Hall–Kier alpha value is -1.42. The average Bonchev–Trinajstić information content (AvgIpc) is 2.45. The van der Waals surface area contributed by atoms with Crippen LogP contribution in [0.2, 0.25) is 0 Å². The van der Waals surface area contributed by atoms with Crippen LogP contribution in [0.5, 0.6) is 0 Å². The number of aromatic nitrogens is 2. The van der Waals surface area contributed by atoms with Crippen molar-refractivity contribution >= 4 is 10.9 Å². The highest BCUT2D eigenvalue weighted by Crippen LogP contribution is 2.18. The van der Waals surface area contributed by atoms with Gasteiger partial charge in [-0.25, -0.2) is 4.39 Å². The summed E-state index contributed by atoms with van der Waals surface area (Å²) in [5, 5.41) is 5.13. The van der Waals surface area contributed by atoms with Crippen molar-refractivity contribution in [2.24, 2.45) is 12.8 Å². The summed E-state index contributed by atoms with van der Waals surface area (Å²) in [4.78, 5) is 0. The molecular weight excluding hydrogens is 181 g/mol. The number of halogens is 1. The van der Waals surface area contributed by atoms with Crippen molar-refractivity contribution in [1.29, 1.82) is 0 Å². The summed E-state index contributed by atoms with van der Waals surface area (Å²) in [5.74, 6) is -0.233. The van der Waals surface area contributed by atoms with Gasteiger partial charge in [0.2, 0.25) is 0 Å². The van der Waals surface area contributed by atoms with Crippen LogP contribution in [-0.4, -0.2) is 16.3 Å². The van der Waals surface area contributed by atoms with Gasteiger partial charge in [-0.1, -0.05) is 0 Å². The van der Waals surface area contributed by atoms with Gasteiger partial charge in [0.15, 0.2) is 0 Å². The van der Waals surface area contributed by atoms with Gasteiger partial charge in [-0.05, 0) is 24.7 Å². The van der Waals surface area contributed by atoms with Gasteiger partial charge < -0.3 is 5.73 Å². The van der Waals surface area contributed by atoms with E-state index in [-0.39, 0.29) is 5.82 Å². The number of fused-ring (bicyclic) bond motifs is 1. The zero-order chi connectivity index (χ0) is 10.1. The van der Waals surface area contributed by atoms with Crippen molar-refractivity contribution in [2.75, 3.05) is 6.54 Å². The second-order valence-electron chi connectivity index (χ2n) is 3.27. The zero-order valence-corrected chi connectivity index (χ0v) is 8.00. The molecular formula is C10H12FN3. The summed E-state index contributed by atoms with van der Waals surface area (Å²) < 4.78 is 14.8. The first kappa shape index (κ1) is 9.15. The lowest BCUT2D eigenvalue weighted by Crippen LogP contribution is -2.07. The van der Waals surface area contributed by atoms with E-state index in [0.29, 0.717) is 6.54 Å². The van der Waals surface area contributed by atoms with Crippen molar-refractivity contribution in [3.05, 3.63) is 29.7 Å². The minimum Gasteiger partial charge on any atom is -0.330 e. The van der Waals surface area contributed by atoms with Gasteiger partial charge in [0.25, 0.3) is 0 Å². The van der Waals surface area contributed by atoms with E-state index in [1.165, 1.54) is 12.1 Å². The number of nitrogens with two attached hydrogens (primary N) is 1. The van der Waals surface area contributed by atoms with Crippen LogP contribution in [0.25, 0.3) is 10.9 Å². The lowest BCUT2D eigenvalue weighted by Gasteiger charge is -1.99. The van der Waals surface area contributed by atoms with Gasteiger partial charge in [0.1, 0.15) is 5.82 Å². The maximum Gasteiger partial charge on any atom is 0.124 e. The third kappa shape index (κ3) is 1.37. The number of aryl methyl sites for hydroxylation is 1. The van der Waals surface area contributed by atoms with Crippen LogP contribution in [0.3, 0.4) is 0 Å². The van der Waals surface area contributed by atoms with Gasteiger partial charge in [-0.15, -0.1) is 0 Å². The molecule has 0 aliphatic heterocycles. The Bertz CT molecular complexity index is 462. The van der Waals surface area contributed by atoms with Crippen molar-refractivity contribution in [3.8, 4) is 0 Å². The molecule has 0 radical (unpaired) electrons. The number of nitrogens with zero attached hydrogens (tertiary/aromatic N) is 2. The molecule has 0 spiro atoms. The highest BCUT2D eigenvalue weighted by molar-refractivity contribution is 5.81. The van der Waals surface area contributed by atoms with Gasteiger partial charge in [0.05, 0.1) is 5.52 Å². The van der Waals surface area contributed by atoms with Gasteiger partial charge in [0, 0.05) is 24.5 Å². The van der Waals surface area contributed by atoms with Crippen molar-refractivity contribution < 1.29 is 4.39 Å². The second kappa shape index (κ2) is 3.38. The predicted molar refractivity (Wildman–Crippen MR) is 53.4 cm³/mol. The molecule has 74 valence electrons. The average molecular weight is 193 g/mol. The number of benzene rings is 1. The van der Waals surface area contributed by atoms with E-state index in [9.17, 15) is 4.39 Å². The van der Waals surface area contributed by atoms with Crippen molar-refractivity contribution in [3.63, 3.8) is 0 Å². The van der Waals surface area contributed by atoms with E-state index >= 15 is 0 Å². The molecule has 1 aromatic heterocycles. The van der Waals surface area contributed by atoms with Crippen LogP contribution in [0.15, 0.2) is 18.2 Å². The molecule has 0 aliphatic rings. The first-order valence-corrected chi connectivity index (χ1v) is 4.53. The van der Waals surface area contributed by atoms with E-state index < -0.39 is 0 Å². The van der Waals surface area contributed by atoms with Crippen LogP contribution in [0, 0.1) is 5.82 Å². The second-order valence-corrected chi connectivity index (χ2v) is 3.27. The van der Waals surface area contributed by atoms with Gasteiger partial charge in [-0.3, -0.25) is 4.68 Å². The highest BCUT2D eigenvalue weighted by Gasteiger charge is 2.08. The van der Waals surface area contributed by atoms with E-state index in [2.05, 4.69) is 5.10 Å². The first-order chi connectivity index (χ1) is 6.72. The Morgan fingerprint density at radius 1 is 1.50 bits per heavy atom. The third-order valence-corrected chi connectivity index (χ3v) is 2.30. The molecule has 0 atom stereocenters. The van der Waals surface area contributed by atoms with Crippen LogP contribution in [0.1, 0.15) is 5.69 Å². The molecule has 0 saturated heterocycles. The molecule has 0 fully saturated rings. The largest absolute Gasteiger partial charge is 0.330 e. The number of hydrogen-bond donors (Lipinski definition) is 1. The zero-order valence-electron chi connectivity index (χ0n) is 8.00. The fourth-order valence-electron chi connectivity index (χ4n) is 1.66. The molecule has 2 aromatic rings. The summed E-state index contributed by atoms with van der Waals surface area (Å²) in [6.07, 6.45) is 0.719. The van der Waals surface area contributed by atoms with Crippen LogP contribution < -0.4 is 5.73 Å². The molecule has 0 bridgehead atoms. The van der Waals surface area contributed by atoms with E-state index in [0.717, 1.165) is 23.0 Å². The summed E-state index contributed by atoms with van der Waals surface area (Å²) in [5.41, 5.74) is 7.29. The van der Waals surface area contributed by atoms with Crippen LogP contribution in [-0.2, 0) is 13.5 Å². The molecule has 4 heteroatoms. The Balaban J connectivity index is 2.66. The third-order valence-electron chi connectivity index (χ3n) is 2.30. The molecule has 1 heterocycles. The van der Waals surface area contributed by atoms with Crippen LogP contribution in [0.4, 0.5) is 4.39 Å². The maximum absolute atomic E-state index is 13.0. The maximum atomic E-state index is 13.0. The standard InChI is InChI=1S/C10H12FN3/c1-14-10(4-5-12)8-6-7(11)2-3-9(8)13-14/h2-3,6H,4-5,12H2,1H3. The lowest BCUT2D eigenvalue weighted by molar-refractivity contribution is 0.629. The molecule has 0 amide bonds. The number of rotatable bonds is 2. The van der Waals surface area contributed by atoms with Crippen LogP contribution >= 0.6 is 0 Å². The molecule has 0 unspecified atom stereocenters. The fraction of sp³-hybridized carbons (Fsp3) is 0.300. The monoisotopic (exact) mass is 193 g/mol. The summed E-state index contributed by atoms with van der Waals surface area (Å²) in [6.45, 7) is 0.547. The van der Waals surface area contributed by atoms with E-state index in [1.54, 1.807) is 10.7 Å². The summed E-state index contributed by atoms with van der Waals surface area (Å²) >= 11 is 0. The Morgan fingerprint density at radius 2 is 2.29 bits per heavy atom. The predicted octanol–water partition coefficient (Wildman–Crippen LogP) is 1.21. The number of hydrogen-bond acceptors (Lipinski definition) is 2. The van der Waals surface area contributed by atoms with E-state index in [4.69, 9.17) is 5.73 Å². The molecule has 2 N–H and O–H groups in total. The van der Waals surface area contributed by atoms with Crippen molar-refractivity contribution in [1.82, 2.24) is 9.78 Å². The SMILES string of the molecule is Cn1nc2ccc(F)cc2c1CCN. The molecule has 3 nitrogen and oxygen atoms in total. The lowest BCUT2D eigenvalue weighted by atomic mass is 10.1. The molecule has 2 rings (SSSR count). The molecule has 14 heavy (non-hydrogen) atoms. The van der Waals surface area contributed by atoms with E-state index in [1.807, 2.05) is 7.05 Å². The minimum atomic E-state index is -0.233. The smallest absolute Gasteiger partial charge is 0.124 e. The Morgan fingerprint density at radius 3 is 3.00 bits per heavy atom. The molecule has 0 saturated carbocycles. The molecule has 0 aliphatic carbocycles. The topological polar surface area (TPSA) is 43.8 Å².